The normalized spacial score (nSPS) is 11.0. The molecule has 5 nitrogen and oxygen atoms in total. The Morgan fingerprint density at radius 2 is 1.88 bits per heavy atom. The molecule has 0 atom stereocenters. The monoisotopic (exact) mass is 402 g/mol. The van der Waals surface area contributed by atoms with Gasteiger partial charge < -0.3 is 4.42 Å². The molecule has 130 valence electrons. The van der Waals surface area contributed by atoms with Crippen LogP contribution in [0.5, 0.6) is 0 Å². The first-order chi connectivity index (χ1) is 12.7. The smallest absolute Gasteiger partial charge is 0.226 e. The van der Waals surface area contributed by atoms with Gasteiger partial charge in [0, 0.05) is 21.4 Å². The minimum absolute atomic E-state index is 0.563. The lowest BCUT2D eigenvalue weighted by molar-refractivity contribution is 0.573. The maximum absolute atomic E-state index is 6.07. The summed E-state index contributed by atoms with van der Waals surface area (Å²) in [6.07, 6.45) is 3.31. The first kappa shape index (κ1) is 17.1. The minimum Gasteiger partial charge on any atom is -0.444 e. The van der Waals surface area contributed by atoms with Gasteiger partial charge in [-0.3, -0.25) is 4.57 Å². The average Bonchev–Trinajstić information content (AvgIpc) is 3.30. The van der Waals surface area contributed by atoms with Crippen LogP contribution in [0.3, 0.4) is 0 Å². The minimum atomic E-state index is 0.563. The second-order valence-corrected chi connectivity index (χ2v) is 7.22. The number of hydrogen-bond donors (Lipinski definition) is 0. The summed E-state index contributed by atoms with van der Waals surface area (Å²) in [5.74, 6) is 1.17. The van der Waals surface area contributed by atoms with E-state index in [0.29, 0.717) is 21.7 Å². The topological polar surface area (TPSA) is 56.7 Å². The Kier molecular flexibility index (Phi) is 4.97. The highest BCUT2D eigenvalue weighted by atomic mass is 35.5. The predicted molar refractivity (Wildman–Crippen MR) is 103 cm³/mol. The van der Waals surface area contributed by atoms with Gasteiger partial charge in [-0.15, -0.1) is 10.2 Å². The van der Waals surface area contributed by atoms with Crippen LogP contribution in [0.15, 0.2) is 70.7 Å². The third-order valence-corrected chi connectivity index (χ3v) is 5.06. The molecule has 0 bridgehead atoms. The van der Waals surface area contributed by atoms with E-state index in [1.54, 1.807) is 12.6 Å². The molecule has 0 saturated carbocycles. The molecule has 0 aliphatic heterocycles. The Balaban J connectivity index is 1.49. The molecule has 0 unspecified atom stereocenters. The summed E-state index contributed by atoms with van der Waals surface area (Å²) >= 11 is 13.5. The van der Waals surface area contributed by atoms with Crippen LogP contribution < -0.4 is 0 Å². The van der Waals surface area contributed by atoms with Gasteiger partial charge in [-0.2, -0.15) is 0 Å². The van der Waals surface area contributed by atoms with Gasteiger partial charge >= 0.3 is 0 Å². The Hall–Kier alpha value is -2.28. The number of halogens is 2. The summed E-state index contributed by atoms with van der Waals surface area (Å²) < 4.78 is 7.45. The molecule has 0 saturated heterocycles. The van der Waals surface area contributed by atoms with Crippen LogP contribution in [0.25, 0.3) is 17.1 Å². The number of rotatable bonds is 5. The summed E-state index contributed by atoms with van der Waals surface area (Å²) in [5, 5.41) is 10.3. The summed E-state index contributed by atoms with van der Waals surface area (Å²) in [5.41, 5.74) is 2.61. The summed E-state index contributed by atoms with van der Waals surface area (Å²) in [6, 6.07) is 14.9. The fraction of sp³-hybridized carbons (Fsp3) is 0.0556. The number of thioether (sulfide) groups is 1. The molecule has 2 aromatic carbocycles. The fourth-order valence-electron chi connectivity index (χ4n) is 2.36. The lowest BCUT2D eigenvalue weighted by atomic mass is 10.2. The van der Waals surface area contributed by atoms with Gasteiger partial charge in [0.05, 0.1) is 11.4 Å². The average molecular weight is 403 g/mol. The summed E-state index contributed by atoms with van der Waals surface area (Å²) in [4.78, 5) is 4.52. The lowest BCUT2D eigenvalue weighted by Gasteiger charge is -2.05. The van der Waals surface area contributed by atoms with E-state index < -0.39 is 0 Å². The maximum atomic E-state index is 6.07. The number of nitrogens with zero attached hydrogens (tertiary/aromatic N) is 4. The van der Waals surface area contributed by atoms with Crippen LogP contribution in [-0.4, -0.2) is 19.7 Å². The van der Waals surface area contributed by atoms with Gasteiger partial charge in [-0.05, 0) is 42.5 Å². The van der Waals surface area contributed by atoms with Crippen molar-refractivity contribution < 1.29 is 4.42 Å². The molecule has 0 aliphatic rings. The second-order valence-electron chi connectivity index (χ2n) is 5.40. The molecule has 0 N–H and O–H groups in total. The van der Waals surface area contributed by atoms with Gasteiger partial charge in [-0.1, -0.05) is 41.0 Å². The van der Waals surface area contributed by atoms with Crippen molar-refractivity contribution in [3.63, 3.8) is 0 Å². The highest BCUT2D eigenvalue weighted by Gasteiger charge is 2.11. The maximum Gasteiger partial charge on any atom is 0.226 e. The number of aromatic nitrogens is 4. The van der Waals surface area contributed by atoms with E-state index in [1.807, 2.05) is 53.1 Å². The van der Waals surface area contributed by atoms with Crippen LogP contribution in [0, 0.1) is 0 Å². The largest absolute Gasteiger partial charge is 0.444 e. The zero-order chi connectivity index (χ0) is 17.9. The molecule has 2 heterocycles. The third-order valence-electron chi connectivity index (χ3n) is 3.59. The Morgan fingerprint density at radius 1 is 1.04 bits per heavy atom. The molecular formula is C18H12Cl2N4OS. The molecule has 26 heavy (non-hydrogen) atoms. The SMILES string of the molecule is Clc1ccc(-c2nc(CSc3nncn3-c3cccc(Cl)c3)co2)cc1. The number of benzene rings is 2. The zero-order valence-electron chi connectivity index (χ0n) is 13.3. The van der Waals surface area contributed by atoms with Gasteiger partial charge in [0.2, 0.25) is 5.89 Å². The first-order valence-corrected chi connectivity index (χ1v) is 9.42. The molecule has 2 aromatic heterocycles. The van der Waals surface area contributed by atoms with Crippen molar-refractivity contribution in [1.82, 2.24) is 19.7 Å². The van der Waals surface area contributed by atoms with Gasteiger partial charge in [0.15, 0.2) is 5.16 Å². The fourth-order valence-corrected chi connectivity index (χ4v) is 3.48. The summed E-state index contributed by atoms with van der Waals surface area (Å²) in [7, 11) is 0. The van der Waals surface area contributed by atoms with E-state index in [2.05, 4.69) is 15.2 Å². The molecule has 0 aliphatic carbocycles. The molecule has 0 amide bonds. The lowest BCUT2D eigenvalue weighted by Crippen LogP contribution is -1.95. The predicted octanol–water partition coefficient (Wildman–Crippen LogP) is 5.52. The van der Waals surface area contributed by atoms with Gasteiger partial charge in [0.1, 0.15) is 12.6 Å². The molecular weight excluding hydrogens is 391 g/mol. The van der Waals surface area contributed by atoms with Crippen molar-refractivity contribution in [1.29, 1.82) is 0 Å². The van der Waals surface area contributed by atoms with Crippen molar-refractivity contribution in [3.8, 4) is 17.1 Å². The van der Waals surface area contributed by atoms with Crippen LogP contribution >= 0.6 is 35.0 Å². The molecule has 0 fully saturated rings. The van der Waals surface area contributed by atoms with E-state index >= 15 is 0 Å². The van der Waals surface area contributed by atoms with Crippen LogP contribution in [0.2, 0.25) is 10.0 Å². The van der Waals surface area contributed by atoms with Gasteiger partial charge in [-0.25, -0.2) is 4.98 Å². The van der Waals surface area contributed by atoms with Crippen molar-refractivity contribution in [2.45, 2.75) is 10.9 Å². The Morgan fingerprint density at radius 3 is 2.69 bits per heavy atom. The molecule has 8 heteroatoms. The molecule has 4 aromatic rings. The van der Waals surface area contributed by atoms with E-state index in [1.165, 1.54) is 11.8 Å². The molecule has 4 rings (SSSR count). The van der Waals surface area contributed by atoms with E-state index in [0.717, 1.165) is 22.1 Å². The third kappa shape index (κ3) is 3.77. The van der Waals surface area contributed by atoms with Crippen molar-refractivity contribution in [2.24, 2.45) is 0 Å². The Bertz CT molecular complexity index is 1030. The van der Waals surface area contributed by atoms with E-state index in [-0.39, 0.29) is 0 Å². The van der Waals surface area contributed by atoms with Crippen molar-refractivity contribution in [3.05, 3.63) is 76.9 Å². The van der Waals surface area contributed by atoms with E-state index in [9.17, 15) is 0 Å². The molecule has 0 spiro atoms. The van der Waals surface area contributed by atoms with Crippen LogP contribution in [0.1, 0.15) is 5.69 Å². The highest BCUT2D eigenvalue weighted by Crippen LogP contribution is 2.26. The standard InChI is InChI=1S/C18H12Cl2N4OS/c19-13-6-4-12(5-7-13)17-22-15(9-25-17)10-26-18-23-21-11-24(18)16-3-1-2-14(20)8-16/h1-9,11H,10H2. The molecule has 0 radical (unpaired) electrons. The highest BCUT2D eigenvalue weighted by molar-refractivity contribution is 7.98. The first-order valence-electron chi connectivity index (χ1n) is 7.68. The van der Waals surface area contributed by atoms with Crippen molar-refractivity contribution in [2.75, 3.05) is 0 Å². The number of hydrogen-bond acceptors (Lipinski definition) is 5. The quantitative estimate of drug-likeness (QED) is 0.411. The van der Waals surface area contributed by atoms with Crippen LogP contribution in [-0.2, 0) is 5.75 Å². The zero-order valence-corrected chi connectivity index (χ0v) is 15.7. The second kappa shape index (κ2) is 7.53. The van der Waals surface area contributed by atoms with Gasteiger partial charge in [0.25, 0.3) is 0 Å². The van der Waals surface area contributed by atoms with Crippen LogP contribution in [0.4, 0.5) is 0 Å². The van der Waals surface area contributed by atoms with Crippen molar-refractivity contribution >= 4 is 35.0 Å². The number of oxazole rings is 1. The van der Waals surface area contributed by atoms with E-state index in [4.69, 9.17) is 27.6 Å². The Labute approximate surface area is 164 Å². The summed E-state index contributed by atoms with van der Waals surface area (Å²) in [6.45, 7) is 0.